The molecule has 4 rings (SSSR count). The molecule has 6 heteroatoms. The van der Waals surface area contributed by atoms with Gasteiger partial charge in [-0.1, -0.05) is 17.3 Å². The SMILES string of the molecule is O=C(c1ccncc1)N1CCC(n2nnc3ccccc32)CC1. The van der Waals surface area contributed by atoms with Crippen LogP contribution in [-0.4, -0.2) is 43.9 Å². The first-order valence-electron chi connectivity index (χ1n) is 7.82. The summed E-state index contributed by atoms with van der Waals surface area (Å²) < 4.78 is 2.00. The Labute approximate surface area is 133 Å². The molecule has 3 aromatic rings. The van der Waals surface area contributed by atoms with Crippen molar-refractivity contribution < 1.29 is 4.79 Å². The van der Waals surface area contributed by atoms with Crippen LogP contribution in [0.1, 0.15) is 29.2 Å². The first-order valence-corrected chi connectivity index (χ1v) is 7.82. The molecular weight excluding hydrogens is 290 g/mol. The summed E-state index contributed by atoms with van der Waals surface area (Å²) in [5, 5.41) is 8.52. The van der Waals surface area contributed by atoms with Gasteiger partial charge in [0.25, 0.3) is 5.91 Å². The van der Waals surface area contributed by atoms with Crippen LogP contribution in [-0.2, 0) is 0 Å². The minimum Gasteiger partial charge on any atom is -0.338 e. The summed E-state index contributed by atoms with van der Waals surface area (Å²) in [5.74, 6) is 0.0781. The molecule has 0 unspecified atom stereocenters. The smallest absolute Gasteiger partial charge is 0.253 e. The molecule has 1 saturated heterocycles. The van der Waals surface area contributed by atoms with E-state index < -0.39 is 0 Å². The minimum atomic E-state index is 0.0781. The second-order valence-corrected chi connectivity index (χ2v) is 5.78. The minimum absolute atomic E-state index is 0.0781. The lowest BCUT2D eigenvalue weighted by molar-refractivity contribution is 0.0691. The van der Waals surface area contributed by atoms with Crippen LogP contribution in [0.5, 0.6) is 0 Å². The van der Waals surface area contributed by atoms with Gasteiger partial charge in [-0.15, -0.1) is 5.10 Å². The van der Waals surface area contributed by atoms with E-state index in [1.807, 2.05) is 33.8 Å². The number of aromatic nitrogens is 4. The lowest BCUT2D eigenvalue weighted by Crippen LogP contribution is -2.39. The number of hydrogen-bond donors (Lipinski definition) is 0. The van der Waals surface area contributed by atoms with E-state index in [4.69, 9.17) is 0 Å². The molecule has 0 spiro atoms. The van der Waals surface area contributed by atoms with Crippen LogP contribution >= 0.6 is 0 Å². The fraction of sp³-hybridized carbons (Fsp3) is 0.294. The molecule has 0 radical (unpaired) electrons. The second-order valence-electron chi connectivity index (χ2n) is 5.78. The molecule has 3 heterocycles. The van der Waals surface area contributed by atoms with Gasteiger partial charge in [-0.3, -0.25) is 9.78 Å². The molecule has 0 saturated carbocycles. The highest BCUT2D eigenvalue weighted by Gasteiger charge is 2.26. The molecule has 1 aliphatic heterocycles. The third kappa shape index (κ3) is 2.56. The molecule has 1 aliphatic rings. The molecule has 6 nitrogen and oxygen atoms in total. The first-order chi connectivity index (χ1) is 11.3. The number of carbonyl (C=O) groups excluding carboxylic acids is 1. The van der Waals surface area contributed by atoms with E-state index in [1.165, 1.54) is 0 Å². The number of carbonyl (C=O) groups is 1. The number of hydrogen-bond acceptors (Lipinski definition) is 4. The molecule has 23 heavy (non-hydrogen) atoms. The Bertz CT molecular complexity index is 821. The van der Waals surface area contributed by atoms with E-state index in [9.17, 15) is 4.79 Å². The van der Waals surface area contributed by atoms with Gasteiger partial charge in [-0.25, -0.2) is 4.68 Å². The third-order valence-electron chi connectivity index (χ3n) is 4.40. The zero-order valence-corrected chi connectivity index (χ0v) is 12.7. The van der Waals surface area contributed by atoms with Crippen molar-refractivity contribution in [2.24, 2.45) is 0 Å². The molecule has 0 aliphatic carbocycles. The Morgan fingerprint density at radius 2 is 1.78 bits per heavy atom. The number of para-hydroxylation sites is 1. The average Bonchev–Trinajstić information content (AvgIpc) is 3.06. The van der Waals surface area contributed by atoms with E-state index >= 15 is 0 Å². The van der Waals surface area contributed by atoms with Crippen molar-refractivity contribution in [2.75, 3.05) is 13.1 Å². The van der Waals surface area contributed by atoms with Crippen LogP contribution < -0.4 is 0 Å². The van der Waals surface area contributed by atoms with Gasteiger partial charge in [-0.05, 0) is 37.1 Å². The largest absolute Gasteiger partial charge is 0.338 e. The molecule has 0 atom stereocenters. The molecule has 2 aromatic heterocycles. The van der Waals surface area contributed by atoms with E-state index in [0.29, 0.717) is 11.6 Å². The van der Waals surface area contributed by atoms with E-state index in [-0.39, 0.29) is 5.91 Å². The van der Waals surface area contributed by atoms with Gasteiger partial charge in [0.1, 0.15) is 5.52 Å². The maximum Gasteiger partial charge on any atom is 0.253 e. The van der Waals surface area contributed by atoms with E-state index in [1.54, 1.807) is 24.5 Å². The number of nitrogens with zero attached hydrogens (tertiary/aromatic N) is 5. The third-order valence-corrected chi connectivity index (χ3v) is 4.40. The Morgan fingerprint density at radius 1 is 1.04 bits per heavy atom. The van der Waals surface area contributed by atoms with Gasteiger partial charge in [-0.2, -0.15) is 0 Å². The number of benzene rings is 1. The number of piperidine rings is 1. The fourth-order valence-corrected chi connectivity index (χ4v) is 3.15. The number of likely N-dealkylation sites (tertiary alicyclic amines) is 1. The van der Waals surface area contributed by atoms with Gasteiger partial charge in [0.15, 0.2) is 0 Å². The lowest BCUT2D eigenvalue weighted by atomic mass is 10.0. The quantitative estimate of drug-likeness (QED) is 0.729. The number of rotatable bonds is 2. The Morgan fingerprint density at radius 3 is 2.57 bits per heavy atom. The van der Waals surface area contributed by atoms with Crippen molar-refractivity contribution >= 4 is 16.9 Å². The summed E-state index contributed by atoms with van der Waals surface area (Å²) in [5.41, 5.74) is 2.68. The molecule has 1 fully saturated rings. The van der Waals surface area contributed by atoms with Crippen molar-refractivity contribution in [3.8, 4) is 0 Å². The van der Waals surface area contributed by atoms with Gasteiger partial charge >= 0.3 is 0 Å². The van der Waals surface area contributed by atoms with E-state index in [2.05, 4.69) is 15.3 Å². The van der Waals surface area contributed by atoms with Crippen LogP contribution in [0.15, 0.2) is 48.8 Å². The Balaban J connectivity index is 1.48. The highest BCUT2D eigenvalue weighted by Crippen LogP contribution is 2.25. The predicted octanol–water partition coefficient (Wildman–Crippen LogP) is 2.30. The van der Waals surface area contributed by atoms with Crippen LogP contribution in [0.2, 0.25) is 0 Å². The zero-order chi connectivity index (χ0) is 15.6. The topological polar surface area (TPSA) is 63.9 Å². The van der Waals surface area contributed by atoms with Gasteiger partial charge < -0.3 is 4.90 Å². The maximum absolute atomic E-state index is 12.5. The fourth-order valence-electron chi connectivity index (χ4n) is 3.15. The number of pyridine rings is 1. The summed E-state index contributed by atoms with van der Waals surface area (Å²) in [6, 6.07) is 11.8. The summed E-state index contributed by atoms with van der Waals surface area (Å²) in [6.45, 7) is 1.47. The molecule has 116 valence electrons. The van der Waals surface area contributed by atoms with Crippen LogP contribution in [0.25, 0.3) is 11.0 Å². The summed E-state index contributed by atoms with van der Waals surface area (Å²) in [6.07, 6.45) is 5.09. The van der Waals surface area contributed by atoms with Gasteiger partial charge in [0.2, 0.25) is 0 Å². The van der Waals surface area contributed by atoms with Crippen LogP contribution in [0.4, 0.5) is 0 Å². The normalized spacial score (nSPS) is 15.9. The molecule has 1 aromatic carbocycles. The predicted molar refractivity (Wildman–Crippen MR) is 85.9 cm³/mol. The number of fused-ring (bicyclic) bond motifs is 1. The lowest BCUT2D eigenvalue weighted by Gasteiger charge is -2.32. The van der Waals surface area contributed by atoms with Crippen LogP contribution in [0, 0.1) is 0 Å². The van der Waals surface area contributed by atoms with Gasteiger partial charge in [0, 0.05) is 31.0 Å². The second kappa shape index (κ2) is 5.79. The van der Waals surface area contributed by atoms with Crippen molar-refractivity contribution in [3.05, 3.63) is 54.4 Å². The van der Waals surface area contributed by atoms with Crippen molar-refractivity contribution in [2.45, 2.75) is 18.9 Å². The summed E-state index contributed by atoms with van der Waals surface area (Å²) >= 11 is 0. The molecule has 0 bridgehead atoms. The van der Waals surface area contributed by atoms with E-state index in [0.717, 1.165) is 37.0 Å². The summed E-state index contributed by atoms with van der Waals surface area (Å²) in [4.78, 5) is 18.3. The number of amides is 1. The van der Waals surface area contributed by atoms with Crippen molar-refractivity contribution in [3.63, 3.8) is 0 Å². The maximum atomic E-state index is 12.5. The summed E-state index contributed by atoms with van der Waals surface area (Å²) in [7, 11) is 0. The monoisotopic (exact) mass is 307 g/mol. The Hall–Kier alpha value is -2.76. The molecule has 1 amide bonds. The molecule has 0 N–H and O–H groups in total. The molecular formula is C17H17N5O. The van der Waals surface area contributed by atoms with Crippen LogP contribution in [0.3, 0.4) is 0 Å². The zero-order valence-electron chi connectivity index (χ0n) is 12.7. The first kappa shape index (κ1) is 13.9. The standard InChI is InChI=1S/C17H17N5O/c23-17(13-5-9-18-10-6-13)21-11-7-14(8-12-21)22-16-4-2-1-3-15(16)19-20-22/h1-6,9-10,14H,7-8,11-12H2. The highest BCUT2D eigenvalue weighted by molar-refractivity contribution is 5.94. The highest BCUT2D eigenvalue weighted by atomic mass is 16.2. The average molecular weight is 307 g/mol. The Kier molecular flexibility index (Phi) is 3.49. The van der Waals surface area contributed by atoms with Crippen molar-refractivity contribution in [1.82, 2.24) is 24.9 Å². The van der Waals surface area contributed by atoms with Crippen molar-refractivity contribution in [1.29, 1.82) is 0 Å². The van der Waals surface area contributed by atoms with Gasteiger partial charge in [0.05, 0.1) is 11.6 Å².